The van der Waals surface area contributed by atoms with Gasteiger partial charge in [-0.25, -0.2) is 4.39 Å². The minimum atomic E-state index is -0.351. The van der Waals surface area contributed by atoms with Crippen molar-refractivity contribution >= 4 is 5.91 Å². The second-order valence-corrected chi connectivity index (χ2v) is 5.83. The maximum Gasteiger partial charge on any atom is 0.251 e. The Morgan fingerprint density at radius 2 is 2.14 bits per heavy atom. The molecule has 116 valence electrons. The average Bonchev–Trinajstić information content (AvgIpc) is 2.49. The molecule has 1 fully saturated rings. The zero-order valence-electron chi connectivity index (χ0n) is 12.7. The molecule has 1 amide bonds. The van der Waals surface area contributed by atoms with Crippen LogP contribution in [-0.4, -0.2) is 39.3 Å². The summed E-state index contributed by atoms with van der Waals surface area (Å²) in [7, 11) is 1.68. The van der Waals surface area contributed by atoms with Crippen molar-refractivity contribution in [2.75, 3.05) is 33.4 Å². The van der Waals surface area contributed by atoms with Gasteiger partial charge in [0.1, 0.15) is 5.82 Å². The number of ether oxygens (including phenoxy) is 1. The summed E-state index contributed by atoms with van der Waals surface area (Å²) in [6.07, 6.45) is 1.92. The van der Waals surface area contributed by atoms with Crippen LogP contribution in [0.1, 0.15) is 28.8 Å². The number of rotatable bonds is 5. The van der Waals surface area contributed by atoms with Gasteiger partial charge in [-0.1, -0.05) is 6.07 Å². The van der Waals surface area contributed by atoms with Gasteiger partial charge in [-0.2, -0.15) is 0 Å². The van der Waals surface area contributed by atoms with Gasteiger partial charge in [0.2, 0.25) is 0 Å². The smallest absolute Gasteiger partial charge is 0.251 e. The number of aryl methyl sites for hydroxylation is 1. The largest absolute Gasteiger partial charge is 0.384 e. The molecule has 5 heteroatoms. The molecule has 1 heterocycles. The van der Waals surface area contributed by atoms with Gasteiger partial charge in [0.25, 0.3) is 5.91 Å². The van der Waals surface area contributed by atoms with Gasteiger partial charge in [0.15, 0.2) is 0 Å². The lowest BCUT2D eigenvalue weighted by molar-refractivity contribution is 0.0511. The fourth-order valence-corrected chi connectivity index (χ4v) is 2.74. The predicted octanol–water partition coefficient (Wildman–Crippen LogP) is 1.88. The molecule has 0 spiro atoms. The number of nitrogens with one attached hydrogen (secondary N) is 2. The minimum absolute atomic E-state index is 0.0289. The molecular formula is C16H23FN2O2. The van der Waals surface area contributed by atoms with E-state index < -0.39 is 0 Å². The van der Waals surface area contributed by atoms with Gasteiger partial charge < -0.3 is 15.4 Å². The van der Waals surface area contributed by atoms with E-state index in [1.807, 2.05) is 0 Å². The molecule has 0 aromatic heterocycles. The van der Waals surface area contributed by atoms with Crippen LogP contribution < -0.4 is 10.6 Å². The molecule has 1 aliphatic rings. The minimum Gasteiger partial charge on any atom is -0.384 e. The van der Waals surface area contributed by atoms with E-state index in [0.717, 1.165) is 25.9 Å². The van der Waals surface area contributed by atoms with Crippen molar-refractivity contribution in [1.29, 1.82) is 0 Å². The number of hydrogen-bond donors (Lipinski definition) is 2. The maximum absolute atomic E-state index is 13.5. The predicted molar refractivity (Wildman–Crippen MR) is 79.9 cm³/mol. The normalized spacial score (nSPS) is 17.5. The summed E-state index contributed by atoms with van der Waals surface area (Å²) in [5.74, 6) is -0.584. The highest BCUT2D eigenvalue weighted by Gasteiger charge is 2.32. The van der Waals surface area contributed by atoms with E-state index >= 15 is 0 Å². The Labute approximate surface area is 125 Å². The first kappa shape index (κ1) is 15.9. The lowest BCUT2D eigenvalue weighted by Crippen LogP contribution is -2.47. The zero-order chi connectivity index (χ0) is 15.3. The Morgan fingerprint density at radius 3 is 2.76 bits per heavy atom. The van der Waals surface area contributed by atoms with Crippen molar-refractivity contribution in [2.45, 2.75) is 19.8 Å². The van der Waals surface area contributed by atoms with E-state index in [9.17, 15) is 9.18 Å². The standard InChI is InChI=1S/C16H23FN2O2/c1-12-3-4-13(9-14(12)17)15(20)19-10-16(11-21-2)5-7-18-8-6-16/h3-4,9,18H,5-8,10-11H2,1-2H3,(H,19,20). The molecule has 1 saturated heterocycles. The van der Waals surface area contributed by atoms with Gasteiger partial charge in [0.05, 0.1) is 6.61 Å². The Kier molecular flexibility index (Phi) is 5.31. The van der Waals surface area contributed by atoms with Crippen LogP contribution in [0.2, 0.25) is 0 Å². The Balaban J connectivity index is 1.99. The molecule has 0 bridgehead atoms. The molecule has 0 radical (unpaired) electrons. The van der Waals surface area contributed by atoms with E-state index in [0.29, 0.717) is 24.3 Å². The molecule has 0 saturated carbocycles. The summed E-state index contributed by atoms with van der Waals surface area (Å²) in [4.78, 5) is 12.2. The van der Waals surface area contributed by atoms with Crippen molar-refractivity contribution in [3.8, 4) is 0 Å². The monoisotopic (exact) mass is 294 g/mol. The van der Waals surface area contributed by atoms with Crippen molar-refractivity contribution < 1.29 is 13.9 Å². The third-order valence-corrected chi connectivity index (χ3v) is 4.17. The average molecular weight is 294 g/mol. The van der Waals surface area contributed by atoms with Crippen LogP contribution in [0.5, 0.6) is 0 Å². The molecule has 0 unspecified atom stereocenters. The van der Waals surface area contributed by atoms with Crippen molar-refractivity contribution in [3.63, 3.8) is 0 Å². The molecule has 2 rings (SSSR count). The maximum atomic E-state index is 13.5. The van der Waals surface area contributed by atoms with Gasteiger partial charge in [-0.05, 0) is 50.6 Å². The van der Waals surface area contributed by atoms with E-state index in [1.54, 1.807) is 26.2 Å². The fourth-order valence-electron chi connectivity index (χ4n) is 2.74. The lowest BCUT2D eigenvalue weighted by atomic mass is 9.79. The summed E-state index contributed by atoms with van der Waals surface area (Å²) in [5, 5.41) is 6.24. The van der Waals surface area contributed by atoms with Crippen LogP contribution in [0.3, 0.4) is 0 Å². The number of carbonyl (C=O) groups is 1. The van der Waals surface area contributed by atoms with Crippen molar-refractivity contribution in [3.05, 3.63) is 35.1 Å². The summed E-state index contributed by atoms with van der Waals surface area (Å²) in [5.41, 5.74) is 0.874. The van der Waals surface area contributed by atoms with Gasteiger partial charge >= 0.3 is 0 Å². The third-order valence-electron chi connectivity index (χ3n) is 4.17. The molecule has 4 nitrogen and oxygen atoms in total. The molecule has 1 aromatic rings. The van der Waals surface area contributed by atoms with E-state index in [1.165, 1.54) is 6.07 Å². The molecule has 0 atom stereocenters. The number of amides is 1. The summed E-state index contributed by atoms with van der Waals surface area (Å²) >= 11 is 0. The zero-order valence-corrected chi connectivity index (χ0v) is 12.7. The summed E-state index contributed by atoms with van der Waals surface area (Å²) in [6, 6.07) is 4.56. The first-order valence-electron chi connectivity index (χ1n) is 7.30. The van der Waals surface area contributed by atoms with Gasteiger partial charge in [-0.15, -0.1) is 0 Å². The fraction of sp³-hybridized carbons (Fsp3) is 0.562. The number of hydrogen-bond acceptors (Lipinski definition) is 3. The highest BCUT2D eigenvalue weighted by molar-refractivity contribution is 5.94. The van der Waals surface area contributed by atoms with Gasteiger partial charge in [0, 0.05) is 24.6 Å². The van der Waals surface area contributed by atoms with E-state index in [2.05, 4.69) is 10.6 Å². The van der Waals surface area contributed by atoms with Crippen molar-refractivity contribution in [1.82, 2.24) is 10.6 Å². The molecule has 2 N–H and O–H groups in total. The Bertz CT molecular complexity index is 494. The lowest BCUT2D eigenvalue weighted by Gasteiger charge is -2.37. The van der Waals surface area contributed by atoms with Gasteiger partial charge in [-0.3, -0.25) is 4.79 Å². The van der Waals surface area contributed by atoms with Crippen LogP contribution in [0.4, 0.5) is 4.39 Å². The van der Waals surface area contributed by atoms with E-state index in [-0.39, 0.29) is 17.1 Å². The number of piperidine rings is 1. The number of benzene rings is 1. The van der Waals surface area contributed by atoms with Crippen LogP contribution in [0, 0.1) is 18.2 Å². The highest BCUT2D eigenvalue weighted by Crippen LogP contribution is 2.28. The first-order chi connectivity index (χ1) is 10.1. The van der Waals surface area contributed by atoms with E-state index in [4.69, 9.17) is 4.74 Å². The van der Waals surface area contributed by atoms with Crippen LogP contribution in [-0.2, 0) is 4.74 Å². The highest BCUT2D eigenvalue weighted by atomic mass is 19.1. The SMILES string of the molecule is COCC1(CNC(=O)c2ccc(C)c(F)c2)CCNCC1. The third kappa shape index (κ3) is 4.02. The molecule has 1 aromatic carbocycles. The Hall–Kier alpha value is -1.46. The number of carbonyl (C=O) groups excluding carboxylic acids is 1. The van der Waals surface area contributed by atoms with Crippen LogP contribution >= 0.6 is 0 Å². The number of halogens is 1. The molecule has 21 heavy (non-hydrogen) atoms. The first-order valence-corrected chi connectivity index (χ1v) is 7.30. The van der Waals surface area contributed by atoms with Crippen LogP contribution in [0.15, 0.2) is 18.2 Å². The molecule has 0 aliphatic carbocycles. The second-order valence-electron chi connectivity index (χ2n) is 5.83. The molecular weight excluding hydrogens is 271 g/mol. The number of methoxy groups -OCH3 is 1. The second kappa shape index (κ2) is 7.00. The Morgan fingerprint density at radius 1 is 1.43 bits per heavy atom. The molecule has 1 aliphatic heterocycles. The topological polar surface area (TPSA) is 50.4 Å². The summed E-state index contributed by atoms with van der Waals surface area (Å²) < 4.78 is 18.8. The van der Waals surface area contributed by atoms with Crippen molar-refractivity contribution in [2.24, 2.45) is 5.41 Å². The summed E-state index contributed by atoms with van der Waals surface area (Å²) in [6.45, 7) is 4.71. The quantitative estimate of drug-likeness (QED) is 0.872. The van der Waals surface area contributed by atoms with Crippen LogP contribution in [0.25, 0.3) is 0 Å².